The first-order chi connectivity index (χ1) is 47.8. The molecule has 4 heterocycles. The molecule has 8 fully saturated rings. The first-order valence-corrected chi connectivity index (χ1v) is 37.7. The van der Waals surface area contributed by atoms with E-state index in [1.165, 1.54) is 37.2 Å². The summed E-state index contributed by atoms with van der Waals surface area (Å²) in [6.45, 7) is 16.0. The number of fused-ring (bicyclic) bond motifs is 2. The van der Waals surface area contributed by atoms with Crippen molar-refractivity contribution in [2.45, 2.75) is 277 Å². The number of hydrogen-bond acceptors (Lipinski definition) is 17. The summed E-state index contributed by atoms with van der Waals surface area (Å²) in [4.78, 5) is 171. The molecule has 26 heteroatoms. The predicted octanol–water partition coefficient (Wildman–Crippen LogP) is 4.46. The third-order valence-electron chi connectivity index (χ3n) is 22.5. The summed E-state index contributed by atoms with van der Waals surface area (Å²) in [5, 5.41) is 25.8. The van der Waals surface area contributed by atoms with Crippen molar-refractivity contribution in [3.63, 3.8) is 0 Å². The normalized spacial score (nSPS) is 24.1. The minimum absolute atomic E-state index is 0. The average molecular weight is 1430 g/mol. The molecule has 101 heavy (non-hydrogen) atoms. The number of amides is 7. The molecule has 0 aromatic carbocycles. The van der Waals surface area contributed by atoms with Gasteiger partial charge in [-0.05, 0) is 142 Å². The molecule has 6 aliphatic carbocycles. The molecule has 2 saturated heterocycles. The quantitative estimate of drug-likeness (QED) is 0.0372. The van der Waals surface area contributed by atoms with Gasteiger partial charge in [-0.15, -0.1) is 0 Å². The molecule has 0 spiro atoms. The molecular weight excluding hydrogens is 1320 g/mol. The molecule has 8 aliphatic rings. The first kappa shape index (κ1) is 82.6. The van der Waals surface area contributed by atoms with Crippen LogP contribution >= 0.6 is 11.9 Å². The van der Waals surface area contributed by atoms with Crippen LogP contribution in [0.2, 0.25) is 0 Å². The number of aliphatic hydroxyl groups excluding tert-OH is 1. The summed E-state index contributed by atoms with van der Waals surface area (Å²) in [6.07, 6.45) is 28.0. The van der Waals surface area contributed by atoms with Crippen molar-refractivity contribution in [3.05, 3.63) is 48.6 Å². The maximum atomic E-state index is 14.6. The smallest absolute Gasteiger partial charge is 0.769 e. The van der Waals surface area contributed by atoms with Gasteiger partial charge in [0.1, 0.15) is 35.6 Å². The Hall–Kier alpha value is -5.66. The number of likely N-dealkylation sites (tertiary alicyclic amines) is 2. The third kappa shape index (κ3) is 22.2. The number of nitrogens with one attached hydrogen (secondary N) is 5. The van der Waals surface area contributed by atoms with E-state index in [0.717, 1.165) is 128 Å². The Morgan fingerprint density at radius 2 is 0.980 bits per heavy atom. The molecule has 6 N–H and O–H groups in total. The molecule has 13 atom stereocenters. The van der Waals surface area contributed by atoms with Gasteiger partial charge in [0.2, 0.25) is 47.0 Å². The van der Waals surface area contributed by atoms with Crippen LogP contribution in [-0.2, 0) is 43.2 Å². The number of hydrogen-bond donors (Lipinski definition) is 6. The third-order valence-corrected chi connectivity index (χ3v) is 22.5. The van der Waals surface area contributed by atoms with Gasteiger partial charge >= 0.3 is 29.6 Å². The van der Waals surface area contributed by atoms with Gasteiger partial charge in [0.25, 0.3) is 5.91 Å². The molecular formula is C75H111ClN11NaO13. The molecule has 7 amide bonds. The molecule has 2 aromatic heterocycles. The number of carbonyl (C=O) groups is 11. The van der Waals surface area contributed by atoms with Crippen LogP contribution in [0.1, 0.15) is 250 Å². The summed E-state index contributed by atoms with van der Waals surface area (Å²) in [5.74, 6) is -4.82. The van der Waals surface area contributed by atoms with Gasteiger partial charge in [-0.3, -0.25) is 62.7 Å². The monoisotopic (exact) mass is 1430 g/mol. The van der Waals surface area contributed by atoms with Crippen LogP contribution in [0.4, 0.5) is 0 Å². The molecule has 2 aliphatic heterocycles. The van der Waals surface area contributed by atoms with Crippen LogP contribution < -0.4 is 60.8 Å². The molecule has 2 aromatic rings. The van der Waals surface area contributed by atoms with Crippen LogP contribution in [0.5, 0.6) is 0 Å². The van der Waals surface area contributed by atoms with E-state index in [1.54, 1.807) is 9.80 Å². The van der Waals surface area contributed by atoms with Crippen LogP contribution in [0.25, 0.3) is 0 Å². The second-order valence-electron chi connectivity index (χ2n) is 32.1. The van der Waals surface area contributed by atoms with Crippen molar-refractivity contribution in [3.8, 4) is 0 Å². The molecule has 24 nitrogen and oxygen atoms in total. The van der Waals surface area contributed by atoms with E-state index in [2.05, 4.69) is 58.4 Å². The Morgan fingerprint density at radius 3 is 1.37 bits per heavy atom. The van der Waals surface area contributed by atoms with Crippen molar-refractivity contribution in [1.29, 1.82) is 0 Å². The Kier molecular flexibility index (Phi) is 31.4. The van der Waals surface area contributed by atoms with E-state index in [0.29, 0.717) is 38.8 Å². The van der Waals surface area contributed by atoms with Crippen molar-refractivity contribution in [2.24, 2.45) is 64.1 Å². The van der Waals surface area contributed by atoms with Crippen molar-refractivity contribution < 1.29 is 92.1 Å². The summed E-state index contributed by atoms with van der Waals surface area (Å²) in [7, 11) is 0. The average Bonchev–Trinajstić information content (AvgIpc) is 1.63. The van der Waals surface area contributed by atoms with Gasteiger partial charge in [-0.2, -0.15) is 0 Å². The Labute approximate surface area is 623 Å². The summed E-state index contributed by atoms with van der Waals surface area (Å²) >= 11 is 3.39. The number of Topliss-reactive ketones (excluding diaryl/α,β-unsaturated/α-hetero) is 4. The summed E-state index contributed by atoms with van der Waals surface area (Å²) in [6, 6.07) is -5.06. The maximum Gasteiger partial charge on any atom is 1.00 e. The summed E-state index contributed by atoms with van der Waals surface area (Å²) < 4.78 is 7.72. The Morgan fingerprint density at radius 1 is 0.545 bits per heavy atom. The standard InChI is InChI=1S/C38H55N5O6.C37H56N6O6.ClO.Na/c1-5-10-28(33(46)31(45)19-23-15-16-23)41-36(48)32-26-14-9-13-25(26)22-43(32)37(49)34(38(2,3)4)42-35(47)27(24-11-7-6-8-12-24)20-30(44)29-21-39-17-18-40-29;1-5-10-27(31(45)35(48)40-24-15-16-24)41-34(47)30-25-14-9-13-23(25)21-43(30)36(49)32(37(2,3)4)42-33(46)26(22-11-7-6-8-12-22)19-29(44)28-20-38-17-18-39-28;1-2;/h17-18,21,23-28,32,34H,5-16,19-20,22H2,1-4H3,(H,41,48)(H,42,47);17-18,20,22-27,30-32,45H,5-16,19,21H2,1-4H3,(H,40,48)(H,41,47)(H,42,46);;/q;;-1;+1/t25-,26-,27-,28-,32-,34+;23-,25-,26-,27-,30-,31+,32+;;/m00../s1. The zero-order valence-corrected chi connectivity index (χ0v) is 63.9. The van der Waals surface area contributed by atoms with Gasteiger partial charge in [-0.1, -0.05) is 120 Å². The molecule has 552 valence electrons. The number of rotatable bonds is 29. The van der Waals surface area contributed by atoms with E-state index in [1.807, 2.05) is 55.4 Å². The van der Waals surface area contributed by atoms with Gasteiger partial charge in [-0.25, -0.2) is 21.8 Å². The fourth-order valence-electron chi connectivity index (χ4n) is 16.7. The molecule has 0 unspecified atom stereocenters. The SMILES string of the molecule is CCC[C@H](NC(=O)[C@@H]1[C@H]2CCC[C@H]2CN1C(=O)[C@@H](NC(=O)[C@@H](CC(=O)c1cnccn1)C1CCCCC1)C(C)(C)C)C(=O)C(=O)CC1CC1.CCC[C@H](NC(=O)[C@@H]1[C@H]2CCC[C@H]2CN1C(=O)[C@@H](NC(=O)[C@@H](CC(=O)c1cnccn1)C1CCCCC1)C(C)(C)C)[C@@H](O)C(=O)NC1CC1.[Na+].[O-]Cl. The van der Waals surface area contributed by atoms with Crippen molar-refractivity contribution >= 4 is 76.3 Å². The van der Waals surface area contributed by atoms with Crippen molar-refractivity contribution in [1.82, 2.24) is 56.3 Å². The predicted molar refractivity (Wildman–Crippen MR) is 372 cm³/mol. The number of halogens is 1. The van der Waals surface area contributed by atoms with Crippen LogP contribution in [-0.4, -0.2) is 161 Å². The fourth-order valence-corrected chi connectivity index (χ4v) is 16.7. The zero-order valence-electron chi connectivity index (χ0n) is 61.2. The zero-order chi connectivity index (χ0) is 72.6. The van der Waals surface area contributed by atoms with Gasteiger partial charge in [0.05, 0.1) is 24.5 Å². The topological polar surface area (TPSA) is 349 Å². The largest absolute Gasteiger partial charge is 1.00 e. The van der Waals surface area contributed by atoms with Crippen LogP contribution in [0, 0.1) is 64.1 Å². The van der Waals surface area contributed by atoms with E-state index >= 15 is 0 Å². The number of nitrogens with zero attached hydrogens (tertiary/aromatic N) is 6. The van der Waals surface area contributed by atoms with E-state index < -0.39 is 88.4 Å². The second-order valence-corrected chi connectivity index (χ2v) is 32.1. The second kappa shape index (κ2) is 38.4. The molecule has 0 bridgehead atoms. The molecule has 10 rings (SSSR count). The number of aliphatic hydroxyl groups is 1. The number of aromatic nitrogens is 4. The van der Waals surface area contributed by atoms with Gasteiger partial charge in [0.15, 0.2) is 17.7 Å². The van der Waals surface area contributed by atoms with E-state index in [9.17, 15) is 57.8 Å². The first-order valence-electron chi connectivity index (χ1n) is 37.4. The van der Waals surface area contributed by atoms with Gasteiger partial charge < -0.3 is 46.1 Å². The molecule has 6 saturated carbocycles. The number of ketones is 4. The fraction of sp³-hybridized carbons (Fsp3) is 0.747. The van der Waals surface area contributed by atoms with Gasteiger partial charge in [0, 0.05) is 75.0 Å². The Balaban J connectivity index is 0.000000274. The number of carbonyl (C=O) groups excluding carboxylic acids is 11. The molecule has 0 radical (unpaired) electrons. The maximum absolute atomic E-state index is 14.6. The van der Waals surface area contributed by atoms with Crippen molar-refractivity contribution in [2.75, 3.05) is 13.1 Å². The van der Waals surface area contributed by atoms with Crippen LogP contribution in [0.15, 0.2) is 37.2 Å². The van der Waals surface area contributed by atoms with Crippen LogP contribution in [0.3, 0.4) is 0 Å². The van der Waals surface area contributed by atoms with E-state index in [4.69, 9.17) is 4.66 Å². The Bertz CT molecular complexity index is 3150. The minimum atomic E-state index is -1.39. The van der Waals surface area contributed by atoms with E-state index in [-0.39, 0.29) is 149 Å². The minimum Gasteiger partial charge on any atom is -0.769 e. The summed E-state index contributed by atoms with van der Waals surface area (Å²) in [5.41, 5.74) is -0.966.